The van der Waals surface area contributed by atoms with Gasteiger partial charge in [-0.2, -0.15) is 5.10 Å². The second-order valence-corrected chi connectivity index (χ2v) is 5.49. The lowest BCUT2D eigenvalue weighted by atomic mass is 10.1. The second kappa shape index (κ2) is 5.19. The smallest absolute Gasteiger partial charge is 0.0538 e. The Balaban J connectivity index is 2.11. The minimum absolute atomic E-state index is 0.340. The molecule has 1 saturated heterocycles. The fourth-order valence-electron chi connectivity index (χ4n) is 2.56. The van der Waals surface area contributed by atoms with Gasteiger partial charge in [0.15, 0.2) is 0 Å². The van der Waals surface area contributed by atoms with Crippen LogP contribution in [0.3, 0.4) is 0 Å². The zero-order valence-corrected chi connectivity index (χ0v) is 11.1. The van der Waals surface area contributed by atoms with Gasteiger partial charge in [-0.1, -0.05) is 6.92 Å². The third-order valence-corrected chi connectivity index (χ3v) is 3.65. The second-order valence-electron chi connectivity index (χ2n) is 5.49. The zero-order valence-electron chi connectivity index (χ0n) is 11.1. The number of aromatic nitrogens is 2. The first-order valence-electron chi connectivity index (χ1n) is 6.60. The summed E-state index contributed by atoms with van der Waals surface area (Å²) in [6.45, 7) is 9.60. The van der Waals surface area contributed by atoms with Gasteiger partial charge in [0, 0.05) is 30.9 Å². The van der Waals surface area contributed by atoms with Crippen LogP contribution in [0.15, 0.2) is 12.4 Å². The molecule has 0 amide bonds. The fraction of sp³-hybridized carbons (Fsp3) is 0.769. The molecule has 1 aliphatic rings. The maximum Gasteiger partial charge on any atom is 0.0538 e. The largest absolute Gasteiger partial charge is 0.329 e. The van der Waals surface area contributed by atoms with Gasteiger partial charge in [0.05, 0.1) is 12.2 Å². The molecular weight excluding hydrogens is 212 g/mol. The van der Waals surface area contributed by atoms with Crippen LogP contribution in [-0.2, 0) is 0 Å². The number of likely N-dealkylation sites (tertiary alicyclic amines) is 1. The van der Waals surface area contributed by atoms with Crippen LogP contribution in [0.4, 0.5) is 0 Å². The van der Waals surface area contributed by atoms with Gasteiger partial charge in [-0.3, -0.25) is 9.58 Å². The van der Waals surface area contributed by atoms with Crippen molar-refractivity contribution in [2.24, 2.45) is 11.7 Å². The van der Waals surface area contributed by atoms with E-state index in [0.717, 1.165) is 19.0 Å². The molecule has 1 fully saturated rings. The van der Waals surface area contributed by atoms with Crippen molar-refractivity contribution >= 4 is 0 Å². The lowest BCUT2D eigenvalue weighted by Gasteiger charge is -2.25. The van der Waals surface area contributed by atoms with Gasteiger partial charge in [0.25, 0.3) is 0 Å². The Morgan fingerprint density at radius 3 is 2.76 bits per heavy atom. The highest BCUT2D eigenvalue weighted by Crippen LogP contribution is 2.26. The van der Waals surface area contributed by atoms with Gasteiger partial charge in [-0.15, -0.1) is 0 Å². The van der Waals surface area contributed by atoms with Gasteiger partial charge in [-0.25, -0.2) is 0 Å². The van der Waals surface area contributed by atoms with Crippen molar-refractivity contribution in [3.05, 3.63) is 18.0 Å². The Morgan fingerprint density at radius 1 is 1.53 bits per heavy atom. The molecule has 17 heavy (non-hydrogen) atoms. The van der Waals surface area contributed by atoms with E-state index in [4.69, 9.17) is 5.73 Å². The van der Waals surface area contributed by atoms with E-state index in [1.165, 1.54) is 12.0 Å². The molecule has 1 aliphatic heterocycles. The van der Waals surface area contributed by atoms with E-state index in [1.807, 2.05) is 10.9 Å². The van der Waals surface area contributed by atoms with Crippen LogP contribution in [0.5, 0.6) is 0 Å². The van der Waals surface area contributed by atoms with Gasteiger partial charge in [-0.05, 0) is 32.7 Å². The van der Waals surface area contributed by atoms with E-state index in [2.05, 4.69) is 37.0 Å². The lowest BCUT2D eigenvalue weighted by molar-refractivity contribution is 0.243. The minimum Gasteiger partial charge on any atom is -0.329 e. The standard InChI is InChI=1S/C13H24N4/c1-10(2)17-9-12(7-15-17)13(6-14)16-5-4-11(3)8-16/h7,9-11,13H,4-6,8,14H2,1-3H3. The summed E-state index contributed by atoms with van der Waals surface area (Å²) in [6, 6.07) is 0.757. The minimum atomic E-state index is 0.340. The molecule has 0 aliphatic carbocycles. The highest BCUT2D eigenvalue weighted by Gasteiger charge is 2.26. The van der Waals surface area contributed by atoms with Gasteiger partial charge in [0.2, 0.25) is 0 Å². The summed E-state index contributed by atoms with van der Waals surface area (Å²) in [7, 11) is 0. The zero-order chi connectivity index (χ0) is 12.4. The SMILES string of the molecule is CC1CCN(C(CN)c2cnn(C(C)C)c2)C1. The van der Waals surface area contributed by atoms with E-state index >= 15 is 0 Å². The summed E-state index contributed by atoms with van der Waals surface area (Å²) in [5.74, 6) is 0.796. The average molecular weight is 236 g/mol. The van der Waals surface area contributed by atoms with Gasteiger partial charge >= 0.3 is 0 Å². The molecule has 2 rings (SSSR count). The van der Waals surface area contributed by atoms with Gasteiger partial charge in [0.1, 0.15) is 0 Å². The molecular formula is C13H24N4. The summed E-state index contributed by atoms with van der Waals surface area (Å²) in [6.07, 6.45) is 5.40. The van der Waals surface area contributed by atoms with Crippen molar-refractivity contribution in [1.82, 2.24) is 14.7 Å². The maximum atomic E-state index is 5.94. The predicted octanol–water partition coefficient (Wildman–Crippen LogP) is 1.81. The quantitative estimate of drug-likeness (QED) is 0.867. The van der Waals surface area contributed by atoms with Crippen molar-refractivity contribution in [2.45, 2.75) is 39.3 Å². The molecule has 0 spiro atoms. The normalized spacial score (nSPS) is 23.5. The molecule has 2 unspecified atom stereocenters. The van der Waals surface area contributed by atoms with E-state index in [-0.39, 0.29) is 0 Å². The summed E-state index contributed by atoms with van der Waals surface area (Å²) in [5.41, 5.74) is 7.20. The Labute approximate surface area is 104 Å². The first-order valence-corrected chi connectivity index (χ1v) is 6.60. The van der Waals surface area contributed by atoms with Crippen molar-refractivity contribution < 1.29 is 0 Å². The highest BCUT2D eigenvalue weighted by atomic mass is 15.3. The fourth-order valence-corrected chi connectivity index (χ4v) is 2.56. The summed E-state index contributed by atoms with van der Waals surface area (Å²) in [4.78, 5) is 2.49. The molecule has 2 atom stereocenters. The lowest BCUT2D eigenvalue weighted by Crippen LogP contribution is -2.31. The van der Waals surface area contributed by atoms with Crippen molar-refractivity contribution in [1.29, 1.82) is 0 Å². The molecule has 4 nitrogen and oxygen atoms in total. The third-order valence-electron chi connectivity index (χ3n) is 3.65. The van der Waals surface area contributed by atoms with Crippen LogP contribution < -0.4 is 5.73 Å². The van der Waals surface area contributed by atoms with Crippen LogP contribution >= 0.6 is 0 Å². The number of hydrogen-bond acceptors (Lipinski definition) is 3. The Hall–Kier alpha value is -0.870. The van der Waals surface area contributed by atoms with Crippen LogP contribution in [0, 0.1) is 5.92 Å². The topological polar surface area (TPSA) is 47.1 Å². The first-order chi connectivity index (χ1) is 8.11. The number of hydrogen-bond donors (Lipinski definition) is 1. The average Bonchev–Trinajstić information content (AvgIpc) is 2.89. The van der Waals surface area contributed by atoms with Crippen LogP contribution in [0.1, 0.15) is 44.8 Å². The van der Waals surface area contributed by atoms with E-state index in [9.17, 15) is 0 Å². The summed E-state index contributed by atoms with van der Waals surface area (Å²) < 4.78 is 2.01. The molecule has 2 heterocycles. The molecule has 0 radical (unpaired) electrons. The maximum absolute atomic E-state index is 5.94. The molecule has 96 valence electrons. The first kappa shape index (κ1) is 12.6. The van der Waals surface area contributed by atoms with E-state index in [0.29, 0.717) is 18.6 Å². The summed E-state index contributed by atoms with van der Waals surface area (Å²) in [5, 5.41) is 4.41. The monoisotopic (exact) mass is 236 g/mol. The molecule has 4 heteroatoms. The predicted molar refractivity (Wildman–Crippen MR) is 69.8 cm³/mol. The molecule has 1 aromatic heterocycles. The Kier molecular flexibility index (Phi) is 3.84. The number of rotatable bonds is 4. The van der Waals surface area contributed by atoms with Gasteiger partial charge < -0.3 is 5.73 Å². The van der Waals surface area contributed by atoms with Crippen molar-refractivity contribution in [2.75, 3.05) is 19.6 Å². The molecule has 0 aromatic carbocycles. The molecule has 0 bridgehead atoms. The van der Waals surface area contributed by atoms with Crippen molar-refractivity contribution in [3.8, 4) is 0 Å². The third kappa shape index (κ3) is 2.69. The van der Waals surface area contributed by atoms with Crippen molar-refractivity contribution in [3.63, 3.8) is 0 Å². The van der Waals surface area contributed by atoms with Crippen LogP contribution in [0.25, 0.3) is 0 Å². The molecule has 1 aromatic rings. The number of nitrogens with two attached hydrogens (primary N) is 1. The highest BCUT2D eigenvalue weighted by molar-refractivity contribution is 5.12. The van der Waals surface area contributed by atoms with E-state index < -0.39 is 0 Å². The summed E-state index contributed by atoms with van der Waals surface area (Å²) >= 11 is 0. The number of nitrogens with zero attached hydrogens (tertiary/aromatic N) is 3. The van der Waals surface area contributed by atoms with Crippen LogP contribution in [0.2, 0.25) is 0 Å². The Morgan fingerprint density at radius 2 is 2.29 bits per heavy atom. The van der Waals surface area contributed by atoms with Crippen LogP contribution in [-0.4, -0.2) is 34.3 Å². The molecule has 2 N–H and O–H groups in total. The molecule has 0 saturated carbocycles. The van der Waals surface area contributed by atoms with E-state index in [1.54, 1.807) is 0 Å². The Bertz CT molecular complexity index is 358.